The first-order valence-electron chi connectivity index (χ1n) is 8.28. The maximum Gasteiger partial charge on any atom is 0.224 e. The number of carbonyl (C=O) groups excluding carboxylic acids is 1. The largest absolute Gasteiger partial charge is 0.497 e. The Kier molecular flexibility index (Phi) is 5.53. The second-order valence-electron chi connectivity index (χ2n) is 5.79. The molecule has 2 aromatic carbocycles. The Balaban J connectivity index is 1.57. The third kappa shape index (κ3) is 4.42. The molecule has 6 heteroatoms. The Morgan fingerprint density at radius 1 is 1.08 bits per heavy atom. The smallest absolute Gasteiger partial charge is 0.224 e. The lowest BCUT2D eigenvalue weighted by atomic mass is 10.1. The van der Waals surface area contributed by atoms with Crippen molar-refractivity contribution in [2.24, 2.45) is 0 Å². The second kappa shape index (κ2) is 8.20. The molecule has 0 fully saturated rings. The van der Waals surface area contributed by atoms with Crippen molar-refractivity contribution >= 4 is 11.6 Å². The fourth-order valence-corrected chi connectivity index (χ4v) is 2.62. The number of aromatic nitrogens is 2. The molecule has 0 bridgehead atoms. The van der Waals surface area contributed by atoms with Crippen LogP contribution in [0.2, 0.25) is 0 Å². The lowest BCUT2D eigenvalue weighted by Gasteiger charge is -2.09. The molecule has 0 spiro atoms. The van der Waals surface area contributed by atoms with E-state index in [4.69, 9.17) is 9.47 Å². The number of anilines is 1. The van der Waals surface area contributed by atoms with Gasteiger partial charge in [-0.25, -0.2) is 4.98 Å². The monoisotopic (exact) mass is 351 g/mol. The highest BCUT2D eigenvalue weighted by Crippen LogP contribution is 2.23. The van der Waals surface area contributed by atoms with Gasteiger partial charge in [-0.2, -0.15) is 0 Å². The topological polar surface area (TPSA) is 65.4 Å². The van der Waals surface area contributed by atoms with Gasteiger partial charge in [-0.1, -0.05) is 0 Å². The van der Waals surface area contributed by atoms with Gasteiger partial charge in [0.15, 0.2) is 0 Å². The minimum atomic E-state index is -0.0397. The summed E-state index contributed by atoms with van der Waals surface area (Å²) >= 11 is 0. The Bertz CT molecular complexity index is 836. The molecular weight excluding hydrogens is 330 g/mol. The van der Waals surface area contributed by atoms with Gasteiger partial charge in [0, 0.05) is 36.3 Å². The first kappa shape index (κ1) is 17.5. The Morgan fingerprint density at radius 3 is 2.35 bits per heavy atom. The van der Waals surface area contributed by atoms with Gasteiger partial charge in [-0.05, 0) is 48.4 Å². The van der Waals surface area contributed by atoms with E-state index in [0.29, 0.717) is 12.8 Å². The molecule has 0 atom stereocenters. The van der Waals surface area contributed by atoms with Crippen LogP contribution >= 0.6 is 0 Å². The fourth-order valence-electron chi connectivity index (χ4n) is 2.62. The number of hydrogen-bond donors (Lipinski definition) is 1. The molecule has 1 amide bonds. The van der Waals surface area contributed by atoms with Gasteiger partial charge in [0.1, 0.15) is 11.5 Å². The minimum Gasteiger partial charge on any atom is -0.497 e. The van der Waals surface area contributed by atoms with Gasteiger partial charge in [-0.3, -0.25) is 4.79 Å². The first-order valence-corrected chi connectivity index (χ1v) is 8.28. The van der Waals surface area contributed by atoms with E-state index in [1.54, 1.807) is 26.7 Å². The average Bonchev–Trinajstić information content (AvgIpc) is 3.21. The van der Waals surface area contributed by atoms with Crippen molar-refractivity contribution in [3.8, 4) is 17.2 Å². The van der Waals surface area contributed by atoms with Crippen LogP contribution in [0.5, 0.6) is 11.5 Å². The fraction of sp³-hybridized carbons (Fsp3) is 0.200. The molecule has 0 aliphatic heterocycles. The number of nitrogens with zero attached hydrogens (tertiary/aromatic N) is 2. The van der Waals surface area contributed by atoms with Crippen LogP contribution in [0.1, 0.15) is 12.0 Å². The number of carbonyl (C=O) groups is 1. The molecule has 1 heterocycles. The van der Waals surface area contributed by atoms with Crippen LogP contribution in [-0.4, -0.2) is 29.7 Å². The molecule has 1 aromatic heterocycles. The molecule has 0 radical (unpaired) electrons. The third-order valence-electron chi connectivity index (χ3n) is 4.01. The van der Waals surface area contributed by atoms with E-state index in [1.165, 1.54) is 0 Å². The maximum atomic E-state index is 12.2. The number of imidazole rings is 1. The number of nitrogens with one attached hydrogen (secondary N) is 1. The third-order valence-corrected chi connectivity index (χ3v) is 4.01. The van der Waals surface area contributed by atoms with Crippen LogP contribution in [0.25, 0.3) is 5.69 Å². The molecule has 3 rings (SSSR count). The van der Waals surface area contributed by atoms with Crippen molar-refractivity contribution in [1.29, 1.82) is 0 Å². The van der Waals surface area contributed by atoms with E-state index in [2.05, 4.69) is 10.3 Å². The summed E-state index contributed by atoms with van der Waals surface area (Å²) in [5.41, 5.74) is 2.75. The summed E-state index contributed by atoms with van der Waals surface area (Å²) in [5, 5.41) is 2.92. The van der Waals surface area contributed by atoms with Crippen molar-refractivity contribution in [2.75, 3.05) is 19.5 Å². The predicted octanol–water partition coefficient (Wildman–Crippen LogP) is 3.46. The highest BCUT2D eigenvalue weighted by molar-refractivity contribution is 5.90. The Morgan fingerprint density at radius 2 is 1.77 bits per heavy atom. The number of amides is 1. The van der Waals surface area contributed by atoms with Crippen LogP contribution in [-0.2, 0) is 11.2 Å². The molecule has 3 aromatic rings. The Labute approximate surface area is 152 Å². The molecule has 0 saturated carbocycles. The van der Waals surface area contributed by atoms with Crippen LogP contribution in [0.4, 0.5) is 5.69 Å². The number of aryl methyl sites for hydroxylation is 1. The zero-order valence-corrected chi connectivity index (χ0v) is 14.8. The van der Waals surface area contributed by atoms with Crippen molar-refractivity contribution in [3.63, 3.8) is 0 Å². The summed E-state index contributed by atoms with van der Waals surface area (Å²) in [6.07, 6.45) is 6.31. The van der Waals surface area contributed by atoms with Gasteiger partial charge >= 0.3 is 0 Å². The standard InChI is InChI=1S/C20H21N3O3/c1-25-18-11-15(12-19(13-18)26-2)3-8-20(24)22-16-4-6-17(7-5-16)23-10-9-21-14-23/h4-7,9-14H,3,8H2,1-2H3,(H,22,24). The molecule has 0 unspecified atom stereocenters. The van der Waals surface area contributed by atoms with Crippen molar-refractivity contribution in [2.45, 2.75) is 12.8 Å². The molecule has 0 aliphatic carbocycles. The average molecular weight is 351 g/mol. The summed E-state index contributed by atoms with van der Waals surface area (Å²) in [4.78, 5) is 16.2. The van der Waals surface area contributed by atoms with E-state index < -0.39 is 0 Å². The van der Waals surface area contributed by atoms with Crippen LogP contribution in [0.3, 0.4) is 0 Å². The van der Waals surface area contributed by atoms with Gasteiger partial charge in [0.05, 0.1) is 20.5 Å². The van der Waals surface area contributed by atoms with Crippen molar-refractivity contribution < 1.29 is 14.3 Å². The lowest BCUT2D eigenvalue weighted by Crippen LogP contribution is -2.12. The van der Waals surface area contributed by atoms with Crippen LogP contribution in [0.15, 0.2) is 61.2 Å². The van der Waals surface area contributed by atoms with Gasteiger partial charge in [0.2, 0.25) is 5.91 Å². The Hall–Kier alpha value is -3.28. The van der Waals surface area contributed by atoms with E-state index in [1.807, 2.05) is 53.2 Å². The van der Waals surface area contributed by atoms with Gasteiger partial charge in [-0.15, -0.1) is 0 Å². The quantitative estimate of drug-likeness (QED) is 0.708. The minimum absolute atomic E-state index is 0.0397. The predicted molar refractivity (Wildman–Crippen MR) is 100 cm³/mol. The summed E-state index contributed by atoms with van der Waals surface area (Å²) in [6, 6.07) is 13.3. The molecule has 1 N–H and O–H groups in total. The lowest BCUT2D eigenvalue weighted by molar-refractivity contribution is -0.116. The zero-order chi connectivity index (χ0) is 18.4. The molecule has 0 aliphatic rings. The first-order chi connectivity index (χ1) is 12.7. The number of hydrogen-bond acceptors (Lipinski definition) is 4. The number of rotatable bonds is 7. The van der Waals surface area contributed by atoms with E-state index in [9.17, 15) is 4.79 Å². The summed E-state index contributed by atoms with van der Waals surface area (Å²) in [5.74, 6) is 1.40. The highest BCUT2D eigenvalue weighted by Gasteiger charge is 2.07. The zero-order valence-electron chi connectivity index (χ0n) is 14.8. The molecule has 6 nitrogen and oxygen atoms in total. The maximum absolute atomic E-state index is 12.2. The van der Waals surface area contributed by atoms with E-state index in [0.717, 1.165) is 28.4 Å². The van der Waals surface area contributed by atoms with Crippen molar-refractivity contribution in [3.05, 3.63) is 66.7 Å². The van der Waals surface area contributed by atoms with Crippen molar-refractivity contribution in [1.82, 2.24) is 9.55 Å². The SMILES string of the molecule is COc1cc(CCC(=O)Nc2ccc(-n3ccnc3)cc2)cc(OC)c1. The van der Waals surface area contributed by atoms with Crippen LogP contribution in [0, 0.1) is 0 Å². The summed E-state index contributed by atoms with van der Waals surface area (Å²) in [6.45, 7) is 0. The summed E-state index contributed by atoms with van der Waals surface area (Å²) < 4.78 is 12.4. The van der Waals surface area contributed by atoms with Crippen LogP contribution < -0.4 is 14.8 Å². The second-order valence-corrected chi connectivity index (χ2v) is 5.79. The normalized spacial score (nSPS) is 10.4. The number of methoxy groups -OCH3 is 2. The molecule has 26 heavy (non-hydrogen) atoms. The molecular formula is C20H21N3O3. The number of benzene rings is 2. The highest BCUT2D eigenvalue weighted by atomic mass is 16.5. The van der Waals surface area contributed by atoms with E-state index in [-0.39, 0.29) is 5.91 Å². The van der Waals surface area contributed by atoms with Gasteiger partial charge in [0.25, 0.3) is 0 Å². The van der Waals surface area contributed by atoms with E-state index >= 15 is 0 Å². The number of ether oxygens (including phenoxy) is 2. The molecule has 0 saturated heterocycles. The van der Waals surface area contributed by atoms with Gasteiger partial charge < -0.3 is 19.4 Å². The summed E-state index contributed by atoms with van der Waals surface area (Å²) in [7, 11) is 3.22. The molecule has 134 valence electrons.